The number of para-hydroxylation sites is 2. The molecule has 4 rings (SSSR count). The topological polar surface area (TPSA) is 87.5 Å². The van der Waals surface area contributed by atoms with Crippen LogP contribution >= 0.6 is 0 Å². The Morgan fingerprint density at radius 3 is 2.40 bits per heavy atom. The number of nitrogens with one attached hydrogen (secondary N) is 1. The average Bonchev–Trinajstić information content (AvgIpc) is 3.39. The number of rotatable bonds is 5. The largest absolute Gasteiger partial charge is 0.370 e. The minimum absolute atomic E-state index is 0.0348. The van der Waals surface area contributed by atoms with Crippen molar-refractivity contribution in [3.63, 3.8) is 0 Å². The van der Waals surface area contributed by atoms with Crippen molar-refractivity contribution >= 4 is 27.3 Å². The first-order valence-electron chi connectivity index (χ1n) is 10.5. The number of amides is 1. The lowest BCUT2D eigenvalue weighted by Gasteiger charge is -2.30. The van der Waals surface area contributed by atoms with E-state index in [1.54, 1.807) is 24.7 Å². The summed E-state index contributed by atoms with van der Waals surface area (Å²) in [6.45, 7) is 4.44. The van der Waals surface area contributed by atoms with Crippen LogP contribution in [0.3, 0.4) is 0 Å². The third-order valence-electron chi connectivity index (χ3n) is 6.12. The highest BCUT2D eigenvalue weighted by atomic mass is 32.2. The molecule has 0 bridgehead atoms. The Morgan fingerprint density at radius 2 is 1.77 bits per heavy atom. The molecule has 9 heteroatoms. The molecule has 2 saturated heterocycles. The fraction of sp³-hybridized carbons (Fsp3) is 0.524. The summed E-state index contributed by atoms with van der Waals surface area (Å²) in [5, 5.41) is 3.16. The lowest BCUT2D eigenvalue weighted by atomic mass is 9.97. The van der Waals surface area contributed by atoms with Gasteiger partial charge in [0.25, 0.3) is 10.0 Å². The van der Waals surface area contributed by atoms with Gasteiger partial charge in [-0.2, -0.15) is 4.31 Å². The molecule has 2 fully saturated rings. The van der Waals surface area contributed by atoms with E-state index in [1.165, 1.54) is 17.1 Å². The first-order chi connectivity index (χ1) is 14.4. The number of anilines is 2. The summed E-state index contributed by atoms with van der Waals surface area (Å²) in [4.78, 5) is 19.4. The standard InChI is InChI=1S/C21H29N5O3S/c1-16-22-20(15-24(16)2)30(28,29)26-13-9-17(10-14-26)21(27)23-18-7-3-4-8-19(18)25-11-5-6-12-25/h3-4,7-8,15,17H,5-6,9-14H2,1-2H3,(H,23,27). The normalized spacial score (nSPS) is 18.7. The molecule has 1 amide bonds. The highest BCUT2D eigenvalue weighted by Gasteiger charge is 2.33. The molecule has 0 radical (unpaired) electrons. The van der Waals surface area contributed by atoms with E-state index >= 15 is 0 Å². The smallest absolute Gasteiger partial charge is 0.262 e. The van der Waals surface area contributed by atoms with Gasteiger partial charge in [-0.05, 0) is 44.7 Å². The minimum atomic E-state index is -3.63. The molecule has 8 nitrogen and oxygen atoms in total. The Hall–Kier alpha value is -2.39. The predicted molar refractivity (Wildman–Crippen MR) is 116 cm³/mol. The summed E-state index contributed by atoms with van der Waals surface area (Å²) in [6, 6.07) is 7.91. The summed E-state index contributed by atoms with van der Waals surface area (Å²) in [7, 11) is -1.85. The van der Waals surface area contributed by atoms with E-state index in [9.17, 15) is 13.2 Å². The fourth-order valence-electron chi connectivity index (χ4n) is 4.19. The average molecular weight is 432 g/mol. The van der Waals surface area contributed by atoms with Crippen molar-refractivity contribution in [3.8, 4) is 0 Å². The number of carbonyl (C=O) groups excluding carboxylic acids is 1. The van der Waals surface area contributed by atoms with E-state index < -0.39 is 10.0 Å². The number of benzene rings is 1. The van der Waals surface area contributed by atoms with E-state index in [0.717, 1.165) is 24.5 Å². The monoisotopic (exact) mass is 431 g/mol. The number of piperidine rings is 1. The van der Waals surface area contributed by atoms with Crippen LogP contribution in [-0.4, -0.2) is 54.4 Å². The van der Waals surface area contributed by atoms with Crippen molar-refractivity contribution in [3.05, 3.63) is 36.3 Å². The van der Waals surface area contributed by atoms with Gasteiger partial charge < -0.3 is 14.8 Å². The van der Waals surface area contributed by atoms with Crippen LogP contribution in [0.15, 0.2) is 35.5 Å². The zero-order valence-electron chi connectivity index (χ0n) is 17.5. The molecule has 0 saturated carbocycles. The van der Waals surface area contributed by atoms with Gasteiger partial charge in [0.15, 0.2) is 5.03 Å². The number of sulfonamides is 1. The number of carbonyl (C=O) groups is 1. The van der Waals surface area contributed by atoms with Gasteiger partial charge in [-0.25, -0.2) is 13.4 Å². The number of hydrogen-bond donors (Lipinski definition) is 1. The van der Waals surface area contributed by atoms with Crippen LogP contribution in [0.4, 0.5) is 11.4 Å². The second kappa shape index (κ2) is 8.39. The highest BCUT2D eigenvalue weighted by Crippen LogP contribution is 2.30. The Kier molecular flexibility index (Phi) is 5.84. The first-order valence-corrected chi connectivity index (χ1v) is 12.0. The molecule has 2 aliphatic rings. The van der Waals surface area contributed by atoms with Crippen LogP contribution in [0, 0.1) is 12.8 Å². The van der Waals surface area contributed by atoms with Gasteiger partial charge in [0.05, 0.1) is 11.4 Å². The molecule has 0 unspecified atom stereocenters. The zero-order valence-corrected chi connectivity index (χ0v) is 18.4. The van der Waals surface area contributed by atoms with Gasteiger partial charge in [0.2, 0.25) is 5.91 Å². The van der Waals surface area contributed by atoms with Crippen molar-refractivity contribution in [2.24, 2.45) is 13.0 Å². The summed E-state index contributed by atoms with van der Waals surface area (Å²) >= 11 is 0. The third-order valence-corrected chi connectivity index (χ3v) is 7.89. The maximum Gasteiger partial charge on any atom is 0.262 e. The molecular formula is C21H29N5O3S. The van der Waals surface area contributed by atoms with E-state index in [2.05, 4.69) is 15.2 Å². The number of aromatic nitrogens is 2. The molecule has 162 valence electrons. The van der Waals surface area contributed by atoms with Gasteiger partial charge >= 0.3 is 0 Å². The lowest BCUT2D eigenvalue weighted by molar-refractivity contribution is -0.120. The first kappa shape index (κ1) is 20.9. The SMILES string of the molecule is Cc1nc(S(=O)(=O)N2CCC(C(=O)Nc3ccccc3N3CCCC3)CC2)cn1C. The lowest BCUT2D eigenvalue weighted by Crippen LogP contribution is -2.41. The fourth-order valence-corrected chi connectivity index (χ4v) is 5.68. The predicted octanol–water partition coefficient (Wildman–Crippen LogP) is 2.37. The number of aryl methyl sites for hydroxylation is 2. The van der Waals surface area contributed by atoms with E-state index in [4.69, 9.17) is 0 Å². The molecule has 0 atom stereocenters. The summed E-state index contributed by atoms with van der Waals surface area (Å²) in [6.07, 6.45) is 4.89. The van der Waals surface area contributed by atoms with Crippen LogP contribution in [-0.2, 0) is 21.9 Å². The molecular weight excluding hydrogens is 402 g/mol. The van der Waals surface area contributed by atoms with Gasteiger partial charge in [0.1, 0.15) is 5.82 Å². The highest BCUT2D eigenvalue weighted by molar-refractivity contribution is 7.89. The van der Waals surface area contributed by atoms with Crippen LogP contribution < -0.4 is 10.2 Å². The number of nitrogens with zero attached hydrogens (tertiary/aromatic N) is 4. The maximum absolute atomic E-state index is 12.9. The third kappa shape index (κ3) is 4.09. The van der Waals surface area contributed by atoms with Gasteiger partial charge in [0, 0.05) is 45.3 Å². The molecule has 30 heavy (non-hydrogen) atoms. The van der Waals surface area contributed by atoms with E-state index in [-0.39, 0.29) is 16.9 Å². The van der Waals surface area contributed by atoms with Crippen molar-refractivity contribution < 1.29 is 13.2 Å². The summed E-state index contributed by atoms with van der Waals surface area (Å²) in [5.74, 6) is 0.417. The molecule has 1 N–H and O–H groups in total. The van der Waals surface area contributed by atoms with Crippen LogP contribution in [0.25, 0.3) is 0 Å². The molecule has 3 heterocycles. The summed E-state index contributed by atoms with van der Waals surface area (Å²) in [5.41, 5.74) is 1.90. The zero-order chi connectivity index (χ0) is 21.3. The molecule has 1 aromatic carbocycles. The van der Waals surface area contributed by atoms with E-state index in [0.29, 0.717) is 31.8 Å². The molecule has 1 aromatic heterocycles. The van der Waals surface area contributed by atoms with Crippen molar-refractivity contribution in [2.75, 3.05) is 36.4 Å². The van der Waals surface area contributed by atoms with Crippen molar-refractivity contribution in [1.82, 2.24) is 13.9 Å². The number of hydrogen-bond acceptors (Lipinski definition) is 5. The second-order valence-electron chi connectivity index (χ2n) is 8.12. The van der Waals surface area contributed by atoms with Gasteiger partial charge in [-0.3, -0.25) is 4.79 Å². The van der Waals surface area contributed by atoms with Crippen molar-refractivity contribution in [2.45, 2.75) is 37.6 Å². The quantitative estimate of drug-likeness (QED) is 0.785. The molecule has 0 spiro atoms. The molecule has 0 aliphatic carbocycles. The second-order valence-corrected chi connectivity index (χ2v) is 10.0. The Bertz CT molecular complexity index is 1000. The maximum atomic E-state index is 12.9. The molecule has 2 aliphatic heterocycles. The van der Waals surface area contributed by atoms with Crippen LogP contribution in [0.5, 0.6) is 0 Å². The van der Waals surface area contributed by atoms with Crippen LogP contribution in [0.2, 0.25) is 0 Å². The Morgan fingerprint density at radius 1 is 1.10 bits per heavy atom. The van der Waals surface area contributed by atoms with Gasteiger partial charge in [-0.15, -0.1) is 0 Å². The van der Waals surface area contributed by atoms with Crippen molar-refractivity contribution in [1.29, 1.82) is 0 Å². The van der Waals surface area contributed by atoms with Crippen LogP contribution in [0.1, 0.15) is 31.5 Å². The number of imidazole rings is 1. The summed E-state index contributed by atoms with van der Waals surface area (Å²) < 4.78 is 28.9. The minimum Gasteiger partial charge on any atom is -0.370 e. The Labute approximate surface area is 177 Å². The Balaban J connectivity index is 1.39. The van der Waals surface area contributed by atoms with E-state index in [1.807, 2.05) is 24.3 Å². The van der Waals surface area contributed by atoms with Gasteiger partial charge in [-0.1, -0.05) is 12.1 Å². The molecule has 2 aromatic rings.